The van der Waals surface area contributed by atoms with Crippen molar-refractivity contribution in [1.29, 1.82) is 0 Å². The average molecular weight is 373 g/mol. The van der Waals surface area contributed by atoms with E-state index in [9.17, 15) is 0 Å². The SMILES string of the molecule is NC1(c2cccc(OCc3ccccc3)c2OCc2ccccc2)CCCC1. The molecule has 0 aromatic heterocycles. The van der Waals surface area contributed by atoms with Crippen LogP contribution >= 0.6 is 0 Å². The monoisotopic (exact) mass is 373 g/mol. The summed E-state index contributed by atoms with van der Waals surface area (Å²) in [5.41, 5.74) is 9.78. The molecule has 0 heterocycles. The van der Waals surface area contributed by atoms with Crippen LogP contribution in [-0.2, 0) is 18.8 Å². The predicted molar refractivity (Wildman–Crippen MR) is 112 cm³/mol. The fraction of sp³-hybridized carbons (Fsp3) is 0.280. The largest absolute Gasteiger partial charge is 0.485 e. The lowest BCUT2D eigenvalue weighted by Gasteiger charge is -2.28. The van der Waals surface area contributed by atoms with Gasteiger partial charge in [-0.15, -0.1) is 0 Å². The molecule has 1 saturated carbocycles. The molecule has 1 aliphatic rings. The maximum Gasteiger partial charge on any atom is 0.166 e. The van der Waals surface area contributed by atoms with Gasteiger partial charge in [-0.25, -0.2) is 0 Å². The van der Waals surface area contributed by atoms with E-state index in [1.807, 2.05) is 48.5 Å². The molecule has 3 heteroatoms. The van der Waals surface area contributed by atoms with Crippen LogP contribution in [0.25, 0.3) is 0 Å². The molecular formula is C25H27NO2. The van der Waals surface area contributed by atoms with Gasteiger partial charge in [0, 0.05) is 11.1 Å². The third-order valence-corrected chi connectivity index (χ3v) is 5.47. The second kappa shape index (κ2) is 8.49. The number of benzene rings is 3. The average Bonchev–Trinajstić information content (AvgIpc) is 3.20. The second-order valence-corrected chi connectivity index (χ2v) is 7.54. The van der Waals surface area contributed by atoms with Crippen LogP contribution in [0.3, 0.4) is 0 Å². The fourth-order valence-corrected chi connectivity index (χ4v) is 3.91. The highest BCUT2D eigenvalue weighted by Crippen LogP contribution is 2.44. The molecule has 0 atom stereocenters. The van der Waals surface area contributed by atoms with Crippen LogP contribution in [0.1, 0.15) is 42.4 Å². The molecule has 0 radical (unpaired) electrons. The van der Waals surface area contributed by atoms with Crippen LogP contribution in [0.4, 0.5) is 0 Å². The molecule has 3 aromatic carbocycles. The lowest BCUT2D eigenvalue weighted by atomic mass is 9.88. The summed E-state index contributed by atoms with van der Waals surface area (Å²) in [6, 6.07) is 26.5. The minimum Gasteiger partial charge on any atom is -0.485 e. The maximum absolute atomic E-state index is 6.79. The van der Waals surface area contributed by atoms with Gasteiger partial charge in [-0.2, -0.15) is 0 Å². The first kappa shape index (κ1) is 18.6. The van der Waals surface area contributed by atoms with Gasteiger partial charge in [0.1, 0.15) is 13.2 Å². The quantitative estimate of drug-likeness (QED) is 0.588. The van der Waals surface area contributed by atoms with Gasteiger partial charge >= 0.3 is 0 Å². The van der Waals surface area contributed by atoms with Gasteiger partial charge in [0.05, 0.1) is 0 Å². The highest BCUT2D eigenvalue weighted by molar-refractivity contribution is 5.50. The van der Waals surface area contributed by atoms with Gasteiger partial charge < -0.3 is 15.2 Å². The number of para-hydroxylation sites is 1. The van der Waals surface area contributed by atoms with Gasteiger partial charge in [-0.3, -0.25) is 0 Å². The molecule has 0 saturated heterocycles. The van der Waals surface area contributed by atoms with Crippen molar-refractivity contribution >= 4 is 0 Å². The van der Waals surface area contributed by atoms with E-state index < -0.39 is 0 Å². The molecule has 4 rings (SSSR count). The Morgan fingerprint density at radius 1 is 0.679 bits per heavy atom. The van der Waals surface area contributed by atoms with Crippen molar-refractivity contribution in [2.75, 3.05) is 0 Å². The predicted octanol–water partition coefficient (Wildman–Crippen LogP) is 5.57. The Balaban J connectivity index is 1.62. The summed E-state index contributed by atoms with van der Waals surface area (Å²) >= 11 is 0. The third-order valence-electron chi connectivity index (χ3n) is 5.47. The van der Waals surface area contributed by atoms with E-state index >= 15 is 0 Å². The molecule has 144 valence electrons. The molecule has 3 nitrogen and oxygen atoms in total. The van der Waals surface area contributed by atoms with E-state index in [1.165, 1.54) is 0 Å². The van der Waals surface area contributed by atoms with Crippen molar-refractivity contribution in [3.8, 4) is 11.5 Å². The number of hydrogen-bond donors (Lipinski definition) is 1. The molecule has 0 aliphatic heterocycles. The Morgan fingerprint density at radius 3 is 1.86 bits per heavy atom. The Bertz CT molecular complexity index is 887. The Labute approximate surface area is 167 Å². The number of hydrogen-bond acceptors (Lipinski definition) is 3. The van der Waals surface area contributed by atoms with E-state index in [0.29, 0.717) is 13.2 Å². The highest BCUT2D eigenvalue weighted by atomic mass is 16.5. The van der Waals surface area contributed by atoms with Crippen molar-refractivity contribution in [3.05, 3.63) is 95.6 Å². The number of rotatable bonds is 7. The minimum absolute atomic E-state index is 0.335. The van der Waals surface area contributed by atoms with Crippen LogP contribution in [0.15, 0.2) is 78.9 Å². The summed E-state index contributed by atoms with van der Waals surface area (Å²) in [7, 11) is 0. The lowest BCUT2D eigenvalue weighted by molar-refractivity contribution is 0.248. The standard InChI is InChI=1S/C25H27NO2/c26-25(16-7-8-17-25)22-14-9-15-23(27-18-20-10-3-1-4-11-20)24(22)28-19-21-12-5-2-6-13-21/h1-6,9-15H,7-8,16-19,26H2. The smallest absolute Gasteiger partial charge is 0.166 e. The van der Waals surface area contributed by atoms with E-state index in [1.54, 1.807) is 0 Å². The molecule has 1 aliphatic carbocycles. The molecular weight excluding hydrogens is 346 g/mol. The van der Waals surface area contributed by atoms with Crippen molar-refractivity contribution in [2.24, 2.45) is 5.73 Å². The first-order chi connectivity index (χ1) is 13.7. The summed E-state index contributed by atoms with van der Waals surface area (Å²) in [5, 5.41) is 0. The summed E-state index contributed by atoms with van der Waals surface area (Å²) in [6.45, 7) is 0.999. The zero-order valence-corrected chi connectivity index (χ0v) is 16.1. The van der Waals surface area contributed by atoms with Crippen molar-refractivity contribution < 1.29 is 9.47 Å². The summed E-state index contributed by atoms with van der Waals surface area (Å²) in [5.74, 6) is 1.54. The summed E-state index contributed by atoms with van der Waals surface area (Å²) < 4.78 is 12.5. The van der Waals surface area contributed by atoms with Crippen molar-refractivity contribution in [3.63, 3.8) is 0 Å². The Morgan fingerprint density at radius 2 is 1.25 bits per heavy atom. The van der Waals surface area contributed by atoms with Crippen LogP contribution in [0.5, 0.6) is 11.5 Å². The van der Waals surface area contributed by atoms with Gasteiger partial charge in [-0.1, -0.05) is 85.6 Å². The summed E-state index contributed by atoms with van der Waals surface area (Å²) in [4.78, 5) is 0. The van der Waals surface area contributed by atoms with Crippen LogP contribution in [0, 0.1) is 0 Å². The lowest BCUT2D eigenvalue weighted by Crippen LogP contribution is -2.33. The van der Waals surface area contributed by atoms with Crippen LogP contribution in [-0.4, -0.2) is 0 Å². The number of ether oxygens (including phenoxy) is 2. The van der Waals surface area contributed by atoms with Crippen LogP contribution in [0.2, 0.25) is 0 Å². The topological polar surface area (TPSA) is 44.5 Å². The zero-order valence-electron chi connectivity index (χ0n) is 16.1. The molecule has 28 heavy (non-hydrogen) atoms. The molecule has 3 aromatic rings. The van der Waals surface area contributed by atoms with Gasteiger partial charge in [0.2, 0.25) is 0 Å². The first-order valence-corrected chi connectivity index (χ1v) is 10.0. The molecule has 0 spiro atoms. The van der Waals surface area contributed by atoms with E-state index in [-0.39, 0.29) is 5.54 Å². The van der Waals surface area contributed by atoms with Crippen molar-refractivity contribution in [2.45, 2.75) is 44.4 Å². The molecule has 0 amide bonds. The van der Waals surface area contributed by atoms with Crippen LogP contribution < -0.4 is 15.2 Å². The molecule has 0 bridgehead atoms. The fourth-order valence-electron chi connectivity index (χ4n) is 3.91. The Hall–Kier alpha value is -2.78. The molecule has 0 unspecified atom stereocenters. The molecule has 2 N–H and O–H groups in total. The van der Waals surface area contributed by atoms with Gasteiger partial charge in [0.15, 0.2) is 11.5 Å². The van der Waals surface area contributed by atoms with E-state index in [0.717, 1.165) is 53.9 Å². The second-order valence-electron chi connectivity index (χ2n) is 7.54. The maximum atomic E-state index is 6.79. The highest BCUT2D eigenvalue weighted by Gasteiger charge is 2.35. The van der Waals surface area contributed by atoms with Gasteiger partial charge in [0.25, 0.3) is 0 Å². The minimum atomic E-state index is -0.335. The third kappa shape index (κ3) is 4.20. The summed E-state index contributed by atoms with van der Waals surface area (Å²) in [6.07, 6.45) is 4.28. The molecule has 1 fully saturated rings. The van der Waals surface area contributed by atoms with E-state index in [2.05, 4.69) is 30.3 Å². The van der Waals surface area contributed by atoms with Gasteiger partial charge in [-0.05, 0) is 30.0 Å². The Kier molecular flexibility index (Phi) is 5.63. The zero-order chi connectivity index (χ0) is 19.2. The van der Waals surface area contributed by atoms with E-state index in [4.69, 9.17) is 15.2 Å². The normalized spacial score (nSPS) is 15.3. The first-order valence-electron chi connectivity index (χ1n) is 10.0. The number of nitrogens with two attached hydrogens (primary N) is 1. The van der Waals surface area contributed by atoms with Crippen molar-refractivity contribution in [1.82, 2.24) is 0 Å².